The van der Waals surface area contributed by atoms with E-state index in [9.17, 15) is 13.2 Å². The lowest BCUT2D eigenvalue weighted by Crippen LogP contribution is -2.20. The van der Waals surface area contributed by atoms with Crippen molar-refractivity contribution in [1.82, 2.24) is 0 Å². The highest BCUT2D eigenvalue weighted by atomic mass is 79.9. The van der Waals surface area contributed by atoms with Crippen LogP contribution in [-0.2, 0) is 14.9 Å². The fourth-order valence-corrected chi connectivity index (χ4v) is 3.80. The van der Waals surface area contributed by atoms with E-state index in [1.165, 1.54) is 17.1 Å². The van der Waals surface area contributed by atoms with Crippen LogP contribution in [0.2, 0.25) is 0 Å². The van der Waals surface area contributed by atoms with Gasteiger partial charge < -0.3 is 0 Å². The van der Waals surface area contributed by atoms with E-state index in [1.54, 1.807) is 6.92 Å². The molecule has 1 aliphatic heterocycles. The minimum Gasteiger partial charge on any atom is -0.282 e. The van der Waals surface area contributed by atoms with Crippen molar-refractivity contribution in [2.45, 2.75) is 18.2 Å². The molecule has 9 heteroatoms. The fraction of sp³-hybridized carbons (Fsp3) is 0.200. The van der Waals surface area contributed by atoms with Crippen LogP contribution in [0.15, 0.2) is 31.1 Å². The number of halogens is 2. The summed E-state index contributed by atoms with van der Waals surface area (Å²) in [5, 5.41) is 5.26. The maximum absolute atomic E-state index is 11.7. The van der Waals surface area contributed by atoms with Gasteiger partial charge in [0.05, 0.1) is 12.1 Å². The Hall–Kier alpha value is -0.770. The summed E-state index contributed by atoms with van der Waals surface area (Å²) in [6.07, 6.45) is 0.226. The van der Waals surface area contributed by atoms with Gasteiger partial charge in [-0.25, -0.2) is 0 Å². The third-order valence-corrected chi connectivity index (χ3v) is 4.87. The van der Waals surface area contributed by atoms with Crippen LogP contribution in [-0.4, -0.2) is 24.6 Å². The number of carbonyl (C=O) groups is 1. The third-order valence-electron chi connectivity index (χ3n) is 2.42. The summed E-state index contributed by atoms with van der Waals surface area (Å²) >= 11 is 6.22. The first-order valence-electron chi connectivity index (χ1n) is 5.03. The molecular weight excluding hydrogens is 404 g/mol. The Labute approximate surface area is 126 Å². The molecule has 0 spiro atoms. The Morgan fingerprint density at radius 2 is 1.95 bits per heavy atom. The number of hydrogen-bond donors (Lipinski definition) is 1. The number of rotatable bonds is 2. The lowest BCUT2D eigenvalue weighted by atomic mass is 10.3. The van der Waals surface area contributed by atoms with Crippen LogP contribution in [0.25, 0.3) is 0 Å². The molecule has 1 aromatic carbocycles. The first-order valence-corrected chi connectivity index (χ1v) is 8.06. The molecule has 102 valence electrons. The second-order valence-corrected chi connectivity index (χ2v) is 7.03. The van der Waals surface area contributed by atoms with Crippen LogP contribution in [0.1, 0.15) is 13.3 Å². The van der Waals surface area contributed by atoms with E-state index < -0.39 is 10.1 Å². The second kappa shape index (κ2) is 4.97. The van der Waals surface area contributed by atoms with Crippen molar-refractivity contribution in [2.75, 3.05) is 5.01 Å². The highest BCUT2D eigenvalue weighted by Gasteiger charge is 2.26. The van der Waals surface area contributed by atoms with Crippen molar-refractivity contribution < 1.29 is 17.8 Å². The van der Waals surface area contributed by atoms with Gasteiger partial charge in [0.25, 0.3) is 16.0 Å². The summed E-state index contributed by atoms with van der Waals surface area (Å²) in [5.74, 6) is -0.204. The monoisotopic (exact) mass is 410 g/mol. The van der Waals surface area contributed by atoms with E-state index in [0.29, 0.717) is 15.9 Å². The largest absolute Gasteiger partial charge is 0.295 e. The maximum atomic E-state index is 11.7. The topological polar surface area (TPSA) is 87.0 Å². The molecule has 1 N–H and O–H groups in total. The van der Waals surface area contributed by atoms with Gasteiger partial charge >= 0.3 is 0 Å². The number of nitrogens with zero attached hydrogens (tertiary/aromatic N) is 2. The maximum Gasteiger partial charge on any atom is 0.295 e. The number of anilines is 1. The molecule has 0 aliphatic carbocycles. The predicted molar refractivity (Wildman–Crippen MR) is 76.9 cm³/mol. The van der Waals surface area contributed by atoms with Gasteiger partial charge in [-0.05, 0) is 50.9 Å². The summed E-state index contributed by atoms with van der Waals surface area (Å²) in [6.45, 7) is 1.73. The summed E-state index contributed by atoms with van der Waals surface area (Å²) in [5.41, 5.74) is 1.08. The minimum atomic E-state index is -4.34. The normalized spacial score (nSPS) is 15.9. The van der Waals surface area contributed by atoms with E-state index in [1.807, 2.05) is 0 Å². The van der Waals surface area contributed by atoms with Crippen molar-refractivity contribution in [3.63, 3.8) is 0 Å². The molecule has 0 atom stereocenters. The van der Waals surface area contributed by atoms with Gasteiger partial charge in [0.15, 0.2) is 0 Å². The molecule has 0 saturated carbocycles. The van der Waals surface area contributed by atoms with Gasteiger partial charge in [-0.1, -0.05) is 0 Å². The van der Waals surface area contributed by atoms with Gasteiger partial charge in [0.1, 0.15) is 4.90 Å². The molecule has 19 heavy (non-hydrogen) atoms. The van der Waals surface area contributed by atoms with E-state index >= 15 is 0 Å². The van der Waals surface area contributed by atoms with Crippen molar-refractivity contribution in [3.05, 3.63) is 21.1 Å². The van der Waals surface area contributed by atoms with Crippen molar-refractivity contribution >= 4 is 59.3 Å². The summed E-state index contributed by atoms with van der Waals surface area (Å²) < 4.78 is 31.9. The molecule has 0 bridgehead atoms. The number of amides is 1. The Bertz CT molecular complexity index is 700. The Morgan fingerprint density at radius 3 is 2.42 bits per heavy atom. The molecule has 6 nitrogen and oxygen atoms in total. The van der Waals surface area contributed by atoms with Crippen LogP contribution in [0.3, 0.4) is 0 Å². The van der Waals surface area contributed by atoms with Gasteiger partial charge in [-0.2, -0.15) is 18.5 Å². The standard InChI is InChI=1S/C10H8Br2N2O4S/c1-5-2-10(15)14(13-5)8-3-7(12)9(4-6(8)11)19(16,17)18/h3-4H,2H2,1H3,(H,16,17,18). The van der Waals surface area contributed by atoms with Crippen LogP contribution in [0, 0.1) is 0 Å². The summed E-state index contributed by atoms with van der Waals surface area (Å²) in [7, 11) is -4.34. The third kappa shape index (κ3) is 2.88. The number of benzene rings is 1. The molecule has 0 aromatic heterocycles. The van der Waals surface area contributed by atoms with Gasteiger partial charge in [0.2, 0.25) is 0 Å². The van der Waals surface area contributed by atoms with Crippen molar-refractivity contribution in [2.24, 2.45) is 5.10 Å². The second-order valence-electron chi connectivity index (χ2n) is 3.93. The van der Waals surface area contributed by atoms with Crippen LogP contribution >= 0.6 is 31.9 Å². The number of hydrogen-bond acceptors (Lipinski definition) is 4. The molecule has 0 unspecified atom stereocenters. The average Bonchev–Trinajstić information content (AvgIpc) is 2.59. The lowest BCUT2D eigenvalue weighted by Gasteiger charge is -2.15. The summed E-state index contributed by atoms with van der Waals surface area (Å²) in [4.78, 5) is 11.5. The SMILES string of the molecule is CC1=NN(c2cc(Br)c(S(=O)(=O)O)cc2Br)C(=O)C1. The van der Waals surface area contributed by atoms with Crippen LogP contribution in [0.5, 0.6) is 0 Å². The molecule has 2 rings (SSSR count). The van der Waals surface area contributed by atoms with Crippen LogP contribution in [0.4, 0.5) is 5.69 Å². The number of carbonyl (C=O) groups excluding carboxylic acids is 1. The number of hydrazone groups is 1. The molecule has 1 aliphatic rings. The lowest BCUT2D eigenvalue weighted by molar-refractivity contribution is -0.116. The highest BCUT2D eigenvalue weighted by molar-refractivity contribution is 9.11. The average molecular weight is 412 g/mol. The van der Waals surface area contributed by atoms with E-state index in [0.717, 1.165) is 0 Å². The fourth-order valence-electron chi connectivity index (χ4n) is 1.62. The molecule has 0 radical (unpaired) electrons. The molecule has 0 fully saturated rings. The first kappa shape index (κ1) is 14.6. The Balaban J connectivity index is 2.57. The zero-order valence-corrected chi connectivity index (χ0v) is 13.6. The van der Waals surface area contributed by atoms with Gasteiger partial charge in [-0.3, -0.25) is 9.35 Å². The molecular formula is C10H8Br2N2O4S. The van der Waals surface area contributed by atoms with E-state index in [-0.39, 0.29) is 21.7 Å². The van der Waals surface area contributed by atoms with E-state index in [2.05, 4.69) is 37.0 Å². The van der Waals surface area contributed by atoms with Crippen molar-refractivity contribution in [1.29, 1.82) is 0 Å². The molecule has 0 saturated heterocycles. The smallest absolute Gasteiger partial charge is 0.282 e. The minimum absolute atomic E-state index is 0.153. The van der Waals surface area contributed by atoms with Crippen molar-refractivity contribution in [3.8, 4) is 0 Å². The van der Waals surface area contributed by atoms with Gasteiger partial charge in [0, 0.05) is 14.7 Å². The zero-order valence-electron chi connectivity index (χ0n) is 9.59. The van der Waals surface area contributed by atoms with E-state index in [4.69, 9.17) is 4.55 Å². The van der Waals surface area contributed by atoms with Gasteiger partial charge in [-0.15, -0.1) is 0 Å². The summed E-state index contributed by atoms with van der Waals surface area (Å²) in [6, 6.07) is 2.62. The zero-order chi connectivity index (χ0) is 14.4. The predicted octanol–water partition coefficient (Wildman–Crippen LogP) is 2.57. The molecule has 1 amide bonds. The highest BCUT2D eigenvalue weighted by Crippen LogP contribution is 2.36. The molecule has 1 aromatic rings. The Kier molecular flexibility index (Phi) is 3.83. The quantitative estimate of drug-likeness (QED) is 0.757. The molecule has 1 heterocycles. The first-order chi connectivity index (χ1) is 8.70. The Morgan fingerprint density at radius 1 is 1.32 bits per heavy atom. The van der Waals surface area contributed by atoms with Crippen LogP contribution < -0.4 is 5.01 Å².